The summed E-state index contributed by atoms with van der Waals surface area (Å²) in [5.74, 6) is -0.351. The number of hydrogen-bond donors (Lipinski definition) is 6. The quantitative estimate of drug-likeness (QED) is 0.0257. The van der Waals surface area contributed by atoms with Crippen molar-refractivity contribution in [1.29, 1.82) is 0 Å². The summed E-state index contributed by atoms with van der Waals surface area (Å²) in [6, 6.07) is 0.0649. The van der Waals surface area contributed by atoms with Crippen molar-refractivity contribution in [1.82, 2.24) is 26.6 Å². The number of hydrogen-bond acceptors (Lipinski definition) is 10. The van der Waals surface area contributed by atoms with Crippen molar-refractivity contribution in [2.24, 2.45) is 52.2 Å². The van der Waals surface area contributed by atoms with Gasteiger partial charge in [0.2, 0.25) is 0 Å². The number of allylic oxidation sites excluding steroid dienone is 3. The smallest absolute Gasteiger partial charge is 0.350 e. The lowest BCUT2D eigenvalue weighted by molar-refractivity contribution is -0.161. The fraction of sp³-hybridized carbons (Fsp3) is 0.767. The molecule has 0 aromatic heterocycles. The minimum absolute atomic E-state index is 0.00544. The van der Waals surface area contributed by atoms with Gasteiger partial charge in [-0.1, -0.05) is 57.1 Å². The zero-order valence-electron chi connectivity index (χ0n) is 34.3. The SMILES string of the molecule is CCN[C@H]1C=C2C=CCC[C@H]2C[C@H]1COC(=O)[C@]12O[C@@]1(CC=C(C)C[C@@H](NC(N)=NC)C1CCNC(NCNC)C1)C(=O)C1CCCC(CC(C)C)C1C2=O. The third kappa shape index (κ3) is 8.68. The van der Waals surface area contributed by atoms with E-state index in [9.17, 15) is 14.4 Å². The van der Waals surface area contributed by atoms with Crippen LogP contribution in [0.3, 0.4) is 0 Å². The molecule has 2 saturated carbocycles. The lowest BCUT2D eigenvalue weighted by atomic mass is 9.57. The number of fused-ring (bicyclic) bond motifs is 3. The van der Waals surface area contributed by atoms with E-state index in [1.807, 2.05) is 20.0 Å². The van der Waals surface area contributed by atoms with E-state index >= 15 is 0 Å². The number of epoxide rings is 1. The van der Waals surface area contributed by atoms with Gasteiger partial charge in [-0.25, -0.2) is 4.79 Å². The second-order valence-electron chi connectivity index (χ2n) is 17.7. The Kier molecular flexibility index (Phi) is 13.8. The van der Waals surface area contributed by atoms with Gasteiger partial charge in [0.1, 0.15) is 0 Å². The van der Waals surface area contributed by atoms with Crippen LogP contribution in [0.15, 0.2) is 40.4 Å². The number of nitrogens with one attached hydrogen (secondary N) is 5. The Morgan fingerprint density at radius 1 is 1.15 bits per heavy atom. The van der Waals surface area contributed by atoms with Gasteiger partial charge >= 0.3 is 5.97 Å². The van der Waals surface area contributed by atoms with Crippen molar-refractivity contribution >= 4 is 23.5 Å². The molecule has 55 heavy (non-hydrogen) atoms. The lowest BCUT2D eigenvalue weighted by Crippen LogP contribution is -2.60. The molecular weight excluding hydrogens is 695 g/mol. The molecule has 12 heteroatoms. The van der Waals surface area contributed by atoms with Crippen LogP contribution in [0.4, 0.5) is 0 Å². The van der Waals surface area contributed by atoms with Gasteiger partial charge in [0, 0.05) is 50.0 Å². The van der Waals surface area contributed by atoms with E-state index in [0.29, 0.717) is 43.2 Å². The molecule has 7 N–H and O–H groups in total. The van der Waals surface area contributed by atoms with E-state index in [0.717, 1.165) is 70.0 Å². The molecule has 2 aliphatic heterocycles. The molecule has 306 valence electrons. The zero-order chi connectivity index (χ0) is 39.3. The van der Waals surface area contributed by atoms with Crippen LogP contribution < -0.4 is 32.3 Å². The number of piperidine rings is 1. The highest BCUT2D eigenvalue weighted by Crippen LogP contribution is 2.62. The van der Waals surface area contributed by atoms with Gasteiger partial charge in [0.05, 0.1) is 12.8 Å². The Morgan fingerprint density at radius 3 is 2.71 bits per heavy atom. The maximum atomic E-state index is 14.9. The van der Waals surface area contributed by atoms with Gasteiger partial charge in [0.25, 0.3) is 5.60 Å². The van der Waals surface area contributed by atoms with Crippen molar-refractivity contribution in [3.63, 3.8) is 0 Å². The van der Waals surface area contributed by atoms with Crippen LogP contribution in [0.25, 0.3) is 0 Å². The number of Topliss-reactive ketones (excluding diaryl/α,β-unsaturated/α-hetero) is 2. The molecule has 0 bridgehead atoms. The minimum Gasteiger partial charge on any atom is -0.463 e. The Labute approximate surface area is 329 Å². The van der Waals surface area contributed by atoms with Crippen molar-refractivity contribution in [3.8, 4) is 0 Å². The first-order valence-corrected chi connectivity index (χ1v) is 21.3. The van der Waals surface area contributed by atoms with Crippen molar-refractivity contribution in [2.45, 2.75) is 128 Å². The summed E-state index contributed by atoms with van der Waals surface area (Å²) in [6.45, 7) is 11.0. The molecule has 4 fully saturated rings. The van der Waals surface area contributed by atoms with Crippen molar-refractivity contribution in [3.05, 3.63) is 35.5 Å². The number of carbonyl (C=O) groups is 3. The van der Waals surface area contributed by atoms with Crippen LogP contribution in [0.5, 0.6) is 0 Å². The highest BCUT2D eigenvalue weighted by molar-refractivity contribution is 6.23. The molecule has 0 spiro atoms. The molecular formula is C43H69N7O5. The number of esters is 1. The predicted octanol–water partition coefficient (Wildman–Crippen LogP) is 3.88. The zero-order valence-corrected chi connectivity index (χ0v) is 34.3. The number of ketones is 2. The number of carbonyl (C=O) groups excluding carboxylic acids is 3. The lowest BCUT2D eigenvalue weighted by Gasteiger charge is -2.42. The molecule has 11 atom stereocenters. The first kappa shape index (κ1) is 41.7. The molecule has 6 rings (SSSR count). The molecule has 12 nitrogen and oxygen atoms in total. The summed E-state index contributed by atoms with van der Waals surface area (Å²) in [6.07, 6.45) is 18.0. The first-order valence-electron chi connectivity index (χ1n) is 21.3. The van der Waals surface area contributed by atoms with Gasteiger partial charge in [-0.05, 0) is 114 Å². The molecule has 2 heterocycles. The maximum Gasteiger partial charge on any atom is 0.350 e. The predicted molar refractivity (Wildman–Crippen MR) is 216 cm³/mol. The summed E-state index contributed by atoms with van der Waals surface area (Å²) in [4.78, 5) is 48.5. The van der Waals surface area contributed by atoms with E-state index in [4.69, 9.17) is 15.2 Å². The Bertz CT molecular complexity index is 1530. The van der Waals surface area contributed by atoms with Crippen molar-refractivity contribution < 1.29 is 23.9 Å². The van der Waals surface area contributed by atoms with E-state index in [2.05, 4.69) is 70.6 Å². The minimum atomic E-state index is -1.90. The number of likely N-dealkylation sites (N-methyl/N-ethyl adjacent to an activating group) is 1. The topological polar surface area (TPSA) is 171 Å². The number of nitrogens with two attached hydrogens (primary N) is 1. The first-order chi connectivity index (χ1) is 26.5. The molecule has 0 radical (unpaired) electrons. The van der Waals surface area contributed by atoms with Crippen LogP contribution in [0.1, 0.15) is 98.3 Å². The van der Waals surface area contributed by atoms with Crippen molar-refractivity contribution in [2.75, 3.05) is 40.5 Å². The largest absolute Gasteiger partial charge is 0.463 e. The number of ether oxygens (including phenoxy) is 2. The summed E-state index contributed by atoms with van der Waals surface area (Å²) in [5, 5.41) is 17.3. The van der Waals surface area contributed by atoms with Gasteiger partial charge in [0.15, 0.2) is 23.1 Å². The standard InChI is InChI=1S/C43H69N7O5/c1-7-47-34-22-29-12-9-8-11-28(29)21-32(34)24-54-40(53)43-39(52)37-31(19-26(2)3)13-10-14-33(37)38(51)42(43,55-43)17-15-27(4)20-35(50-41(44)46-6)30-16-18-48-36(23-30)49-25-45-5/h9,12,15,22,26,28,30-37,45,47-49H,7-8,10-11,13-14,16-21,23-25H2,1-6H3,(H3,44,46,50)/t28-,30?,31?,32-,33?,34-,35+,36?,37?,42-,43-/m0/s1. The van der Waals surface area contributed by atoms with Gasteiger partial charge in [-0.3, -0.25) is 19.9 Å². The monoisotopic (exact) mass is 764 g/mol. The van der Waals surface area contributed by atoms with Gasteiger partial charge in [-0.2, -0.15) is 0 Å². The summed E-state index contributed by atoms with van der Waals surface area (Å²) in [7, 11) is 3.60. The molecule has 0 aromatic carbocycles. The molecule has 2 saturated heterocycles. The molecule has 0 amide bonds. The summed E-state index contributed by atoms with van der Waals surface area (Å²) in [5.41, 5.74) is 5.18. The van der Waals surface area contributed by atoms with Crippen LogP contribution in [0.2, 0.25) is 0 Å². The van der Waals surface area contributed by atoms with Crippen LogP contribution in [-0.4, -0.2) is 93.4 Å². The number of guanidine groups is 1. The highest BCUT2D eigenvalue weighted by Gasteiger charge is 2.87. The second kappa shape index (κ2) is 18.1. The molecule has 0 aromatic rings. The molecule has 6 aliphatic rings. The van der Waals surface area contributed by atoms with Crippen LogP contribution in [-0.2, 0) is 23.9 Å². The average molecular weight is 764 g/mol. The Balaban J connectivity index is 1.24. The van der Waals surface area contributed by atoms with Crippen LogP contribution >= 0.6 is 0 Å². The number of rotatable bonds is 16. The average Bonchev–Trinajstić information content (AvgIpc) is 3.89. The van der Waals surface area contributed by atoms with E-state index in [-0.39, 0.29) is 54.7 Å². The van der Waals surface area contributed by atoms with E-state index < -0.39 is 29.0 Å². The van der Waals surface area contributed by atoms with Gasteiger partial charge < -0.3 is 36.5 Å². The summed E-state index contributed by atoms with van der Waals surface area (Å²) >= 11 is 0. The third-order valence-corrected chi connectivity index (χ3v) is 13.5. The fourth-order valence-corrected chi connectivity index (χ4v) is 10.8. The third-order valence-electron chi connectivity index (χ3n) is 13.5. The maximum absolute atomic E-state index is 14.9. The normalized spacial score (nSPS) is 36.7. The fourth-order valence-electron chi connectivity index (χ4n) is 10.8. The summed E-state index contributed by atoms with van der Waals surface area (Å²) < 4.78 is 12.7. The Hall–Kier alpha value is -2.90. The second-order valence-corrected chi connectivity index (χ2v) is 17.7. The Morgan fingerprint density at radius 2 is 1.96 bits per heavy atom. The van der Waals surface area contributed by atoms with Gasteiger partial charge in [-0.15, -0.1) is 0 Å². The van der Waals surface area contributed by atoms with E-state index in [1.165, 1.54) is 5.57 Å². The van der Waals surface area contributed by atoms with E-state index in [1.54, 1.807) is 7.05 Å². The number of nitrogens with zero attached hydrogens (tertiary/aromatic N) is 1. The highest BCUT2D eigenvalue weighted by atomic mass is 16.7. The number of aliphatic imine (C=N–C) groups is 1. The van der Waals surface area contributed by atoms with Crippen LogP contribution in [0, 0.1) is 41.4 Å². The molecule has 5 unspecified atom stereocenters. The molecule has 4 aliphatic carbocycles.